The van der Waals surface area contributed by atoms with Crippen molar-refractivity contribution in [2.45, 2.75) is 26.3 Å². The van der Waals surface area contributed by atoms with E-state index in [1.54, 1.807) is 0 Å². The number of nitrogens with one attached hydrogen (secondary N) is 2. The lowest BCUT2D eigenvalue weighted by molar-refractivity contribution is -0.121. The highest BCUT2D eigenvalue weighted by molar-refractivity contribution is 7.71. The van der Waals surface area contributed by atoms with Crippen LogP contribution >= 0.6 is 12.2 Å². The molecule has 0 fully saturated rings. The van der Waals surface area contributed by atoms with Crippen LogP contribution < -0.4 is 5.32 Å². The Bertz CT molecular complexity index is 1210. The van der Waals surface area contributed by atoms with E-state index >= 15 is 0 Å². The molecule has 158 valence electrons. The maximum atomic E-state index is 12.3. The summed E-state index contributed by atoms with van der Waals surface area (Å²) in [7, 11) is 0. The van der Waals surface area contributed by atoms with Crippen molar-refractivity contribution in [2.75, 3.05) is 6.54 Å². The third-order valence-electron chi connectivity index (χ3n) is 5.00. The van der Waals surface area contributed by atoms with Crippen LogP contribution in [0.5, 0.6) is 0 Å². The van der Waals surface area contributed by atoms with E-state index in [1.807, 2.05) is 83.0 Å². The molecule has 0 atom stereocenters. The first-order valence-corrected chi connectivity index (χ1v) is 10.6. The zero-order chi connectivity index (χ0) is 21.6. The molecule has 0 saturated heterocycles. The second-order valence-corrected chi connectivity index (χ2v) is 7.69. The van der Waals surface area contributed by atoms with Gasteiger partial charge in [-0.3, -0.25) is 14.5 Å². The summed E-state index contributed by atoms with van der Waals surface area (Å²) in [6.07, 6.45) is 2.93. The minimum atomic E-state index is -0.0274. The van der Waals surface area contributed by atoms with Crippen molar-refractivity contribution < 1.29 is 4.79 Å². The van der Waals surface area contributed by atoms with Crippen molar-refractivity contribution in [3.05, 3.63) is 82.9 Å². The third kappa shape index (κ3) is 5.16. The van der Waals surface area contributed by atoms with Crippen LogP contribution in [0.4, 0.5) is 0 Å². The van der Waals surface area contributed by atoms with Crippen molar-refractivity contribution in [3.8, 4) is 17.1 Å². The number of carbonyl (C=O) groups is 1. The first-order chi connectivity index (χ1) is 15.1. The summed E-state index contributed by atoms with van der Waals surface area (Å²) < 4.78 is 4.21. The maximum Gasteiger partial charge on any atom is 0.221 e. The topological polar surface area (TPSA) is 80.5 Å². The lowest BCUT2D eigenvalue weighted by Gasteiger charge is -2.08. The smallest absolute Gasteiger partial charge is 0.221 e. The summed E-state index contributed by atoms with van der Waals surface area (Å²) in [6.45, 7) is 3.04. The van der Waals surface area contributed by atoms with E-state index in [9.17, 15) is 4.79 Å². The van der Waals surface area contributed by atoms with Gasteiger partial charge in [-0.2, -0.15) is 10.2 Å². The average Bonchev–Trinajstić information content (AvgIpc) is 3.40. The van der Waals surface area contributed by atoms with Crippen LogP contribution in [0.2, 0.25) is 0 Å². The van der Waals surface area contributed by atoms with Crippen molar-refractivity contribution >= 4 is 18.1 Å². The average molecular weight is 433 g/mol. The molecule has 0 radical (unpaired) electrons. The summed E-state index contributed by atoms with van der Waals surface area (Å²) >= 11 is 5.35. The number of nitrogens with zero attached hydrogens (tertiary/aromatic N) is 4. The molecular formula is C23H24N6OS. The Balaban J connectivity index is 1.29. The molecule has 4 aromatic rings. The van der Waals surface area contributed by atoms with Crippen LogP contribution in [0.1, 0.15) is 17.7 Å². The Hall–Kier alpha value is -3.52. The number of aromatic nitrogens is 5. The fourth-order valence-corrected chi connectivity index (χ4v) is 3.52. The van der Waals surface area contributed by atoms with E-state index < -0.39 is 0 Å². The zero-order valence-electron chi connectivity index (χ0n) is 17.3. The van der Waals surface area contributed by atoms with Crippen LogP contribution in [-0.2, 0) is 17.8 Å². The van der Waals surface area contributed by atoms with Gasteiger partial charge >= 0.3 is 0 Å². The molecule has 2 heterocycles. The first-order valence-electron chi connectivity index (χ1n) is 10.2. The number of benzene rings is 2. The van der Waals surface area contributed by atoms with Gasteiger partial charge in [-0.15, -0.1) is 0 Å². The fraction of sp³-hybridized carbons (Fsp3) is 0.217. The number of hydrogen-bond acceptors (Lipinski definition) is 4. The number of aryl methyl sites for hydroxylation is 1. The number of hydrogen-bond donors (Lipinski definition) is 2. The van der Waals surface area contributed by atoms with Crippen LogP contribution in [0, 0.1) is 11.7 Å². The Morgan fingerprint density at radius 1 is 1.10 bits per heavy atom. The Morgan fingerprint density at radius 2 is 1.87 bits per heavy atom. The summed E-state index contributed by atoms with van der Waals surface area (Å²) in [5.74, 6) is 0.713. The lowest BCUT2D eigenvalue weighted by Crippen LogP contribution is -2.26. The van der Waals surface area contributed by atoms with E-state index in [0.717, 1.165) is 22.8 Å². The van der Waals surface area contributed by atoms with Gasteiger partial charge in [-0.05, 0) is 37.3 Å². The SMILES string of the molecule is Cc1ccc(-c2n[nH]c(=S)n2CCC(=O)NCCc2ccn(-c3ccccc3)n2)cc1. The van der Waals surface area contributed by atoms with Gasteiger partial charge in [0.15, 0.2) is 10.6 Å². The van der Waals surface area contributed by atoms with Crippen LogP contribution in [-0.4, -0.2) is 37.0 Å². The summed E-state index contributed by atoms with van der Waals surface area (Å²) in [5.41, 5.74) is 4.09. The number of aromatic amines is 1. The number of para-hydroxylation sites is 1. The molecule has 2 aromatic carbocycles. The van der Waals surface area contributed by atoms with Gasteiger partial charge in [0, 0.05) is 37.7 Å². The number of carbonyl (C=O) groups excluding carboxylic acids is 1. The van der Waals surface area contributed by atoms with E-state index in [0.29, 0.717) is 30.7 Å². The summed E-state index contributed by atoms with van der Waals surface area (Å²) in [4.78, 5) is 12.3. The second kappa shape index (κ2) is 9.53. The largest absolute Gasteiger partial charge is 0.356 e. The van der Waals surface area contributed by atoms with Gasteiger partial charge in [-0.1, -0.05) is 48.0 Å². The van der Waals surface area contributed by atoms with Crippen LogP contribution in [0.25, 0.3) is 17.1 Å². The van der Waals surface area contributed by atoms with E-state index in [-0.39, 0.29) is 5.91 Å². The Labute approximate surface area is 185 Å². The molecule has 2 N–H and O–H groups in total. The van der Waals surface area contributed by atoms with Crippen LogP contribution in [0.3, 0.4) is 0 Å². The highest BCUT2D eigenvalue weighted by Gasteiger charge is 2.11. The summed E-state index contributed by atoms with van der Waals surface area (Å²) in [6, 6.07) is 20.0. The summed E-state index contributed by atoms with van der Waals surface area (Å²) in [5, 5.41) is 14.7. The predicted molar refractivity (Wildman–Crippen MR) is 122 cm³/mol. The Kier molecular flexibility index (Phi) is 6.37. The van der Waals surface area contributed by atoms with Gasteiger partial charge < -0.3 is 5.32 Å². The molecule has 0 saturated carbocycles. The molecule has 0 aliphatic carbocycles. The number of H-pyrrole nitrogens is 1. The normalized spacial score (nSPS) is 10.9. The molecule has 0 bridgehead atoms. The number of amides is 1. The van der Waals surface area contributed by atoms with Crippen molar-refractivity contribution in [1.82, 2.24) is 29.9 Å². The molecule has 8 heteroatoms. The van der Waals surface area contributed by atoms with Gasteiger partial charge in [0.25, 0.3) is 0 Å². The minimum absolute atomic E-state index is 0.0274. The molecule has 7 nitrogen and oxygen atoms in total. The zero-order valence-corrected chi connectivity index (χ0v) is 18.1. The molecule has 2 aromatic heterocycles. The van der Waals surface area contributed by atoms with Gasteiger partial charge in [0.2, 0.25) is 5.91 Å². The highest BCUT2D eigenvalue weighted by atomic mass is 32.1. The molecule has 0 spiro atoms. The van der Waals surface area contributed by atoms with Gasteiger partial charge in [0.05, 0.1) is 11.4 Å². The van der Waals surface area contributed by atoms with Gasteiger partial charge in [0.1, 0.15) is 0 Å². The van der Waals surface area contributed by atoms with E-state index in [1.165, 1.54) is 5.56 Å². The second-order valence-electron chi connectivity index (χ2n) is 7.31. The van der Waals surface area contributed by atoms with Crippen molar-refractivity contribution in [1.29, 1.82) is 0 Å². The minimum Gasteiger partial charge on any atom is -0.356 e. The Morgan fingerprint density at radius 3 is 2.65 bits per heavy atom. The molecule has 0 unspecified atom stereocenters. The van der Waals surface area contributed by atoms with E-state index in [4.69, 9.17) is 12.2 Å². The highest BCUT2D eigenvalue weighted by Crippen LogP contribution is 2.18. The van der Waals surface area contributed by atoms with Gasteiger partial charge in [-0.25, -0.2) is 4.68 Å². The van der Waals surface area contributed by atoms with Crippen molar-refractivity contribution in [2.24, 2.45) is 0 Å². The third-order valence-corrected chi connectivity index (χ3v) is 5.31. The quantitative estimate of drug-likeness (QED) is 0.415. The number of rotatable bonds is 8. The molecular weight excluding hydrogens is 408 g/mol. The fourth-order valence-electron chi connectivity index (χ4n) is 3.30. The molecule has 0 aliphatic rings. The standard InChI is InChI=1S/C23H24N6OS/c1-17-7-9-18(10-8-17)22-25-26-23(31)28(22)15-13-21(30)24-14-11-19-12-16-29(27-19)20-5-3-2-4-6-20/h2-10,12,16H,11,13-15H2,1H3,(H,24,30)(H,26,31). The monoisotopic (exact) mass is 432 g/mol. The lowest BCUT2D eigenvalue weighted by atomic mass is 10.1. The predicted octanol–water partition coefficient (Wildman–Crippen LogP) is 3.85. The molecule has 4 rings (SSSR count). The first kappa shape index (κ1) is 20.7. The van der Waals surface area contributed by atoms with Crippen LogP contribution in [0.15, 0.2) is 66.9 Å². The maximum absolute atomic E-state index is 12.3. The molecule has 31 heavy (non-hydrogen) atoms. The molecule has 0 aliphatic heterocycles. The molecule has 1 amide bonds. The van der Waals surface area contributed by atoms with E-state index in [2.05, 4.69) is 20.6 Å². The van der Waals surface area contributed by atoms with Crippen molar-refractivity contribution in [3.63, 3.8) is 0 Å².